The number of amides is 1. The summed E-state index contributed by atoms with van der Waals surface area (Å²) >= 11 is 3.26. The molecule has 0 N–H and O–H groups in total. The summed E-state index contributed by atoms with van der Waals surface area (Å²) in [5.74, 6) is -0.244. The van der Waals surface area contributed by atoms with Crippen LogP contribution in [0.25, 0.3) is 0 Å². The lowest BCUT2D eigenvalue weighted by molar-refractivity contribution is -0.384. The van der Waals surface area contributed by atoms with Crippen molar-refractivity contribution in [3.63, 3.8) is 0 Å². The number of ether oxygens (including phenoxy) is 1. The minimum atomic E-state index is -0.512. The predicted octanol–water partition coefficient (Wildman–Crippen LogP) is 2.22. The number of rotatable bonds is 3. The van der Waals surface area contributed by atoms with Gasteiger partial charge in [0.1, 0.15) is 0 Å². The van der Waals surface area contributed by atoms with Crippen LogP contribution in [0.15, 0.2) is 22.7 Å². The van der Waals surface area contributed by atoms with Crippen LogP contribution in [0.4, 0.5) is 5.69 Å². The molecular formula is C12H13BrN2O4. The zero-order chi connectivity index (χ0) is 14.0. The second kappa shape index (κ2) is 5.66. The molecule has 19 heavy (non-hydrogen) atoms. The van der Waals surface area contributed by atoms with Gasteiger partial charge < -0.3 is 9.64 Å². The van der Waals surface area contributed by atoms with Crippen LogP contribution in [0, 0.1) is 10.1 Å². The molecule has 0 spiro atoms. The second-order valence-electron chi connectivity index (χ2n) is 4.35. The maximum absolute atomic E-state index is 12.3. The Kier molecular flexibility index (Phi) is 4.16. The summed E-state index contributed by atoms with van der Waals surface area (Å²) in [5.41, 5.74) is 0.200. The number of carbonyl (C=O) groups excluding carboxylic acids is 1. The number of hydrogen-bond donors (Lipinski definition) is 0. The zero-order valence-electron chi connectivity index (χ0n) is 10.3. The lowest BCUT2D eigenvalue weighted by Gasteiger charge is -2.23. The van der Waals surface area contributed by atoms with Crippen molar-refractivity contribution in [2.75, 3.05) is 20.3 Å². The number of halogens is 1. The summed E-state index contributed by atoms with van der Waals surface area (Å²) in [6, 6.07) is 4.20. The topological polar surface area (TPSA) is 72.7 Å². The SMILES string of the molecule is CN(C(=O)c1cc([N+](=O)[O-])ccc1Br)C1CCOC1. The number of hydrogen-bond acceptors (Lipinski definition) is 4. The fourth-order valence-corrected chi connectivity index (χ4v) is 2.39. The first kappa shape index (κ1) is 14.0. The first-order chi connectivity index (χ1) is 9.00. The standard InChI is InChI=1S/C12H13BrN2O4/c1-14(9-4-5-19-7-9)12(16)10-6-8(15(17)18)2-3-11(10)13/h2-3,6,9H,4-5,7H2,1H3. The molecule has 0 aromatic heterocycles. The molecule has 6 nitrogen and oxygen atoms in total. The van der Waals surface area contributed by atoms with Gasteiger partial charge in [0.05, 0.1) is 23.1 Å². The molecule has 1 atom stereocenters. The summed E-state index contributed by atoms with van der Waals surface area (Å²) in [6.45, 7) is 1.15. The average Bonchev–Trinajstić information content (AvgIpc) is 2.91. The molecule has 1 aromatic rings. The highest BCUT2D eigenvalue weighted by atomic mass is 79.9. The van der Waals surface area contributed by atoms with Crippen molar-refractivity contribution >= 4 is 27.5 Å². The van der Waals surface area contributed by atoms with E-state index in [-0.39, 0.29) is 17.6 Å². The molecule has 0 aliphatic carbocycles. The van der Waals surface area contributed by atoms with Gasteiger partial charge in [-0.25, -0.2) is 0 Å². The van der Waals surface area contributed by atoms with E-state index in [0.717, 1.165) is 6.42 Å². The number of non-ortho nitro benzene ring substituents is 1. The Balaban J connectivity index is 2.26. The molecule has 1 saturated heterocycles. The van der Waals surface area contributed by atoms with E-state index in [2.05, 4.69) is 15.9 Å². The molecule has 2 rings (SSSR count). The maximum Gasteiger partial charge on any atom is 0.270 e. The van der Waals surface area contributed by atoms with Crippen LogP contribution < -0.4 is 0 Å². The minimum absolute atomic E-state index is 0.0265. The highest BCUT2D eigenvalue weighted by molar-refractivity contribution is 9.10. The lowest BCUT2D eigenvalue weighted by atomic mass is 10.1. The predicted molar refractivity (Wildman–Crippen MR) is 72.1 cm³/mol. The Morgan fingerprint density at radius 3 is 2.89 bits per heavy atom. The van der Waals surface area contributed by atoms with Crippen LogP contribution in [0.3, 0.4) is 0 Å². The summed E-state index contributed by atoms with van der Waals surface area (Å²) in [5, 5.41) is 10.8. The molecule has 1 fully saturated rings. The van der Waals surface area contributed by atoms with Gasteiger partial charge in [0.25, 0.3) is 11.6 Å². The zero-order valence-corrected chi connectivity index (χ0v) is 11.9. The van der Waals surface area contributed by atoms with Gasteiger partial charge >= 0.3 is 0 Å². The van der Waals surface area contributed by atoms with Gasteiger partial charge in [0.2, 0.25) is 0 Å². The molecule has 0 bridgehead atoms. The number of carbonyl (C=O) groups is 1. The third kappa shape index (κ3) is 2.93. The number of nitrogens with zero attached hydrogens (tertiary/aromatic N) is 2. The molecular weight excluding hydrogens is 316 g/mol. The van der Waals surface area contributed by atoms with Gasteiger partial charge in [0.15, 0.2) is 0 Å². The largest absolute Gasteiger partial charge is 0.379 e. The summed E-state index contributed by atoms with van der Waals surface area (Å²) in [6.07, 6.45) is 0.786. The Bertz CT molecular complexity index is 514. The summed E-state index contributed by atoms with van der Waals surface area (Å²) in [7, 11) is 1.69. The molecule has 102 valence electrons. The van der Waals surface area contributed by atoms with Crippen molar-refractivity contribution in [2.45, 2.75) is 12.5 Å². The summed E-state index contributed by atoms with van der Waals surface area (Å²) in [4.78, 5) is 24.2. The lowest BCUT2D eigenvalue weighted by Crippen LogP contribution is -2.37. The highest BCUT2D eigenvalue weighted by Gasteiger charge is 2.27. The Morgan fingerprint density at radius 2 is 2.32 bits per heavy atom. The number of likely N-dealkylation sites (N-methyl/N-ethyl adjacent to an activating group) is 1. The van der Waals surface area contributed by atoms with E-state index in [9.17, 15) is 14.9 Å². The van der Waals surface area contributed by atoms with E-state index < -0.39 is 4.92 Å². The van der Waals surface area contributed by atoms with Crippen LogP contribution in [0.5, 0.6) is 0 Å². The van der Waals surface area contributed by atoms with Crippen LogP contribution >= 0.6 is 15.9 Å². The fourth-order valence-electron chi connectivity index (χ4n) is 1.97. The Hall–Kier alpha value is -1.47. The molecule has 1 aromatic carbocycles. The van der Waals surface area contributed by atoms with Crippen molar-refractivity contribution < 1.29 is 14.5 Å². The molecule has 1 aliphatic heterocycles. The smallest absolute Gasteiger partial charge is 0.270 e. The highest BCUT2D eigenvalue weighted by Crippen LogP contribution is 2.25. The van der Waals surface area contributed by atoms with E-state index in [1.165, 1.54) is 18.2 Å². The van der Waals surface area contributed by atoms with Crippen LogP contribution in [0.1, 0.15) is 16.8 Å². The van der Waals surface area contributed by atoms with E-state index in [4.69, 9.17) is 4.74 Å². The third-order valence-corrected chi connectivity index (χ3v) is 3.86. The maximum atomic E-state index is 12.3. The van der Waals surface area contributed by atoms with Crippen molar-refractivity contribution in [2.24, 2.45) is 0 Å². The first-order valence-corrected chi connectivity index (χ1v) is 6.59. The van der Waals surface area contributed by atoms with Gasteiger partial charge in [-0.1, -0.05) is 0 Å². The van der Waals surface area contributed by atoms with Crippen LogP contribution in [-0.2, 0) is 4.74 Å². The minimum Gasteiger partial charge on any atom is -0.379 e. The van der Waals surface area contributed by atoms with E-state index in [0.29, 0.717) is 23.2 Å². The molecule has 1 unspecified atom stereocenters. The average molecular weight is 329 g/mol. The molecule has 1 amide bonds. The van der Waals surface area contributed by atoms with Gasteiger partial charge in [-0.15, -0.1) is 0 Å². The Morgan fingerprint density at radius 1 is 1.58 bits per heavy atom. The van der Waals surface area contributed by atoms with E-state index >= 15 is 0 Å². The molecule has 1 aliphatic rings. The Labute approximate surface area is 118 Å². The number of benzene rings is 1. The van der Waals surface area contributed by atoms with Gasteiger partial charge in [-0.2, -0.15) is 0 Å². The van der Waals surface area contributed by atoms with Crippen molar-refractivity contribution in [1.29, 1.82) is 0 Å². The monoisotopic (exact) mass is 328 g/mol. The second-order valence-corrected chi connectivity index (χ2v) is 5.21. The fraction of sp³-hybridized carbons (Fsp3) is 0.417. The number of nitro benzene ring substituents is 1. The van der Waals surface area contributed by atoms with Crippen molar-refractivity contribution in [1.82, 2.24) is 4.90 Å². The molecule has 1 heterocycles. The normalized spacial score (nSPS) is 18.3. The van der Waals surface area contributed by atoms with E-state index in [1.807, 2.05) is 0 Å². The molecule has 7 heteroatoms. The van der Waals surface area contributed by atoms with E-state index in [1.54, 1.807) is 11.9 Å². The van der Waals surface area contributed by atoms with Gasteiger partial charge in [-0.3, -0.25) is 14.9 Å². The quantitative estimate of drug-likeness (QED) is 0.630. The molecule has 0 radical (unpaired) electrons. The van der Waals surface area contributed by atoms with Crippen LogP contribution in [-0.4, -0.2) is 42.0 Å². The number of nitro groups is 1. The van der Waals surface area contributed by atoms with Gasteiger partial charge in [0, 0.05) is 30.3 Å². The van der Waals surface area contributed by atoms with Crippen molar-refractivity contribution in [3.8, 4) is 0 Å². The van der Waals surface area contributed by atoms with Gasteiger partial charge in [-0.05, 0) is 28.4 Å². The molecule has 0 saturated carbocycles. The summed E-state index contributed by atoms with van der Waals surface area (Å²) < 4.78 is 5.79. The van der Waals surface area contributed by atoms with Crippen LogP contribution in [0.2, 0.25) is 0 Å². The first-order valence-electron chi connectivity index (χ1n) is 5.79. The third-order valence-electron chi connectivity index (χ3n) is 3.16. The van der Waals surface area contributed by atoms with Crippen molar-refractivity contribution in [3.05, 3.63) is 38.3 Å².